The molecule has 7 nitrogen and oxygen atoms in total. The van der Waals surface area contributed by atoms with Crippen LogP contribution in [0.4, 0.5) is 14.5 Å². The van der Waals surface area contributed by atoms with Crippen LogP contribution in [0.5, 0.6) is 0 Å². The molecular weight excluding hydrogens is 418 g/mol. The number of sulfonamides is 1. The third-order valence-electron chi connectivity index (χ3n) is 4.65. The zero-order valence-corrected chi connectivity index (χ0v) is 16.9. The van der Waals surface area contributed by atoms with Crippen molar-refractivity contribution in [1.29, 1.82) is 0 Å². The minimum Gasteiger partial charge on any atom is -0.454 e. The molecule has 0 radical (unpaired) electrons. The molecule has 1 saturated heterocycles. The van der Waals surface area contributed by atoms with Gasteiger partial charge in [0.2, 0.25) is 10.0 Å². The van der Waals surface area contributed by atoms with Gasteiger partial charge in [-0.25, -0.2) is 17.2 Å². The van der Waals surface area contributed by atoms with Gasteiger partial charge in [0.25, 0.3) is 5.91 Å². The third-order valence-corrected chi connectivity index (χ3v) is 6.58. The fourth-order valence-corrected chi connectivity index (χ4v) is 4.77. The molecule has 0 saturated carbocycles. The highest BCUT2D eigenvalue weighted by atomic mass is 32.2. The van der Waals surface area contributed by atoms with Gasteiger partial charge in [0.15, 0.2) is 6.61 Å². The van der Waals surface area contributed by atoms with E-state index >= 15 is 0 Å². The summed E-state index contributed by atoms with van der Waals surface area (Å²) >= 11 is 0. The fraction of sp³-hybridized carbons (Fsp3) is 0.300. The van der Waals surface area contributed by atoms with Gasteiger partial charge in [-0.3, -0.25) is 9.59 Å². The van der Waals surface area contributed by atoms with Crippen LogP contribution < -0.4 is 5.32 Å². The summed E-state index contributed by atoms with van der Waals surface area (Å²) in [6.45, 7) is 1.25. The first-order valence-corrected chi connectivity index (χ1v) is 10.6. The molecule has 0 unspecified atom stereocenters. The Labute approximate surface area is 172 Å². The summed E-state index contributed by atoms with van der Waals surface area (Å²) in [4.78, 5) is 24.4. The van der Waals surface area contributed by atoms with E-state index in [1.54, 1.807) is 12.1 Å². The zero-order valence-electron chi connectivity index (χ0n) is 16.1. The maximum atomic E-state index is 13.6. The monoisotopic (exact) mass is 438 g/mol. The minimum atomic E-state index is -3.90. The number of rotatable bonds is 6. The Hall–Kier alpha value is -2.85. The summed E-state index contributed by atoms with van der Waals surface area (Å²) in [5.41, 5.74) is 0.636. The lowest BCUT2D eigenvalue weighted by atomic mass is 10.2. The van der Waals surface area contributed by atoms with Gasteiger partial charge in [0, 0.05) is 12.6 Å². The van der Waals surface area contributed by atoms with Gasteiger partial charge in [-0.1, -0.05) is 17.7 Å². The number of amides is 1. The van der Waals surface area contributed by atoms with E-state index in [1.807, 2.05) is 6.92 Å². The Bertz CT molecular complexity index is 1060. The van der Waals surface area contributed by atoms with Crippen LogP contribution in [0, 0.1) is 18.6 Å². The zero-order chi connectivity index (χ0) is 21.9. The SMILES string of the molecule is Cc1ccc(S(=O)(=O)N2CCC[C@H]2C(=O)OCC(=O)Nc2ccc(F)cc2F)cc1. The van der Waals surface area contributed by atoms with Crippen LogP contribution >= 0.6 is 0 Å². The van der Waals surface area contributed by atoms with Gasteiger partial charge in [-0.2, -0.15) is 4.31 Å². The molecule has 30 heavy (non-hydrogen) atoms. The lowest BCUT2D eigenvalue weighted by Gasteiger charge is -2.22. The maximum Gasteiger partial charge on any atom is 0.324 e. The van der Waals surface area contributed by atoms with Crippen LogP contribution in [0.2, 0.25) is 0 Å². The molecule has 1 aliphatic rings. The second-order valence-corrected chi connectivity index (χ2v) is 8.76. The number of aryl methyl sites for hydroxylation is 1. The van der Waals surface area contributed by atoms with E-state index < -0.39 is 46.2 Å². The second-order valence-electron chi connectivity index (χ2n) is 6.87. The number of nitrogens with one attached hydrogen (secondary N) is 1. The molecule has 0 bridgehead atoms. The molecule has 1 N–H and O–H groups in total. The molecule has 10 heteroatoms. The Morgan fingerprint density at radius 3 is 2.53 bits per heavy atom. The van der Waals surface area contributed by atoms with Gasteiger partial charge in [-0.15, -0.1) is 0 Å². The van der Waals surface area contributed by atoms with Gasteiger partial charge in [0.05, 0.1) is 10.6 Å². The van der Waals surface area contributed by atoms with Crippen molar-refractivity contribution in [2.45, 2.75) is 30.7 Å². The topological polar surface area (TPSA) is 92.8 Å². The van der Waals surface area contributed by atoms with Crippen LogP contribution in [0.3, 0.4) is 0 Å². The molecule has 0 aliphatic carbocycles. The first kappa shape index (κ1) is 21.8. The molecule has 1 atom stereocenters. The van der Waals surface area contributed by atoms with Crippen molar-refractivity contribution in [3.63, 3.8) is 0 Å². The highest BCUT2D eigenvalue weighted by molar-refractivity contribution is 7.89. The predicted molar refractivity (Wildman–Crippen MR) is 104 cm³/mol. The van der Waals surface area contributed by atoms with Crippen LogP contribution in [-0.4, -0.2) is 43.8 Å². The lowest BCUT2D eigenvalue weighted by molar-refractivity contribution is -0.150. The predicted octanol–water partition coefficient (Wildman–Crippen LogP) is 2.61. The largest absolute Gasteiger partial charge is 0.454 e. The van der Waals surface area contributed by atoms with E-state index in [-0.39, 0.29) is 23.5 Å². The Morgan fingerprint density at radius 1 is 1.17 bits per heavy atom. The molecule has 1 aliphatic heterocycles. The summed E-state index contributed by atoms with van der Waals surface area (Å²) in [7, 11) is -3.90. The van der Waals surface area contributed by atoms with E-state index in [0.29, 0.717) is 12.5 Å². The lowest BCUT2D eigenvalue weighted by Crippen LogP contribution is -2.42. The Balaban J connectivity index is 1.63. The minimum absolute atomic E-state index is 0.0670. The smallest absolute Gasteiger partial charge is 0.324 e. The van der Waals surface area contributed by atoms with E-state index in [0.717, 1.165) is 22.0 Å². The summed E-state index contributed by atoms with van der Waals surface area (Å²) in [6.07, 6.45) is 0.732. The van der Waals surface area contributed by atoms with Crippen molar-refractivity contribution in [2.24, 2.45) is 0 Å². The quantitative estimate of drug-likeness (QED) is 0.700. The van der Waals surface area contributed by atoms with E-state index in [9.17, 15) is 26.8 Å². The first-order valence-electron chi connectivity index (χ1n) is 9.18. The molecule has 2 aromatic carbocycles. The molecule has 3 rings (SSSR count). The van der Waals surface area contributed by atoms with Crippen molar-refractivity contribution in [3.05, 3.63) is 59.7 Å². The Kier molecular flexibility index (Phi) is 6.47. The van der Waals surface area contributed by atoms with Gasteiger partial charge in [-0.05, 0) is 44.0 Å². The molecule has 1 amide bonds. The number of benzene rings is 2. The van der Waals surface area contributed by atoms with Gasteiger partial charge in [0.1, 0.15) is 17.7 Å². The molecule has 0 spiro atoms. The summed E-state index contributed by atoms with van der Waals surface area (Å²) < 4.78 is 58.3. The van der Waals surface area contributed by atoms with E-state index in [4.69, 9.17) is 4.74 Å². The molecule has 2 aromatic rings. The van der Waals surface area contributed by atoms with Crippen molar-refractivity contribution in [3.8, 4) is 0 Å². The van der Waals surface area contributed by atoms with Crippen LogP contribution in [-0.2, 0) is 24.3 Å². The van der Waals surface area contributed by atoms with Crippen LogP contribution in [0.15, 0.2) is 47.4 Å². The molecule has 1 heterocycles. The van der Waals surface area contributed by atoms with Gasteiger partial charge < -0.3 is 10.1 Å². The normalized spacial score (nSPS) is 17.0. The van der Waals surface area contributed by atoms with Gasteiger partial charge >= 0.3 is 5.97 Å². The number of hydrogen-bond donors (Lipinski definition) is 1. The number of carbonyl (C=O) groups excluding carboxylic acids is 2. The number of halogens is 2. The van der Waals surface area contributed by atoms with Crippen molar-refractivity contribution >= 4 is 27.6 Å². The Morgan fingerprint density at radius 2 is 1.87 bits per heavy atom. The fourth-order valence-electron chi connectivity index (χ4n) is 3.12. The average molecular weight is 438 g/mol. The summed E-state index contributed by atoms with van der Waals surface area (Å²) in [5.74, 6) is -3.47. The number of anilines is 1. The van der Waals surface area contributed by atoms with Crippen molar-refractivity contribution in [2.75, 3.05) is 18.5 Å². The van der Waals surface area contributed by atoms with Crippen molar-refractivity contribution in [1.82, 2.24) is 4.31 Å². The number of carbonyl (C=O) groups is 2. The summed E-state index contributed by atoms with van der Waals surface area (Å²) in [6, 6.07) is 7.82. The maximum absolute atomic E-state index is 13.6. The van der Waals surface area contributed by atoms with E-state index in [2.05, 4.69) is 5.32 Å². The average Bonchev–Trinajstić information content (AvgIpc) is 3.19. The number of esters is 1. The van der Waals surface area contributed by atoms with E-state index in [1.165, 1.54) is 12.1 Å². The highest BCUT2D eigenvalue weighted by Crippen LogP contribution is 2.27. The highest BCUT2D eigenvalue weighted by Gasteiger charge is 2.40. The molecule has 160 valence electrons. The summed E-state index contributed by atoms with van der Waals surface area (Å²) in [5, 5.41) is 2.17. The molecular formula is C20H20F2N2O5S. The third kappa shape index (κ3) is 4.82. The number of nitrogens with zero attached hydrogens (tertiary/aromatic N) is 1. The molecule has 0 aromatic heterocycles. The second kappa shape index (κ2) is 8.88. The number of hydrogen-bond acceptors (Lipinski definition) is 5. The standard InChI is InChI=1S/C20H20F2N2O5S/c1-13-4-7-15(8-5-13)30(27,28)24-10-2-3-18(24)20(26)29-12-19(25)23-17-9-6-14(21)11-16(17)22/h4-9,11,18H,2-3,10,12H2,1H3,(H,23,25)/t18-/m0/s1. The molecule has 1 fully saturated rings. The van der Waals surface area contributed by atoms with Crippen molar-refractivity contribution < 1.29 is 31.5 Å². The van der Waals surface area contributed by atoms with Crippen LogP contribution in [0.1, 0.15) is 18.4 Å². The van der Waals surface area contributed by atoms with Crippen LogP contribution in [0.25, 0.3) is 0 Å². The number of ether oxygens (including phenoxy) is 1. The first-order chi connectivity index (χ1) is 14.2.